The van der Waals surface area contributed by atoms with Crippen LogP contribution in [0.4, 0.5) is 10.5 Å². The number of hydrogen-bond acceptors (Lipinski definition) is 12. The van der Waals surface area contributed by atoms with Crippen molar-refractivity contribution >= 4 is 40.4 Å². The molecule has 9 rings (SSSR count). The Balaban J connectivity index is 1.16. The van der Waals surface area contributed by atoms with Crippen molar-refractivity contribution in [3.63, 3.8) is 0 Å². The Morgan fingerprint density at radius 3 is 2.46 bits per heavy atom. The molecule has 0 spiro atoms. The van der Waals surface area contributed by atoms with Crippen molar-refractivity contribution in [1.29, 1.82) is 0 Å². The number of pyridine rings is 1. The molecular formula is C54H73N9O8. The predicted molar refractivity (Wildman–Crippen MR) is 272 cm³/mol. The number of phenolic OH excluding ortho intramolecular Hbond substituents is 1. The number of aromatic hydroxyl groups is 1. The topological polar surface area (TPSA) is 174 Å². The van der Waals surface area contributed by atoms with Gasteiger partial charge in [0, 0.05) is 94.8 Å². The molecule has 5 aliphatic rings. The van der Waals surface area contributed by atoms with E-state index in [2.05, 4.69) is 77.2 Å². The molecule has 17 heteroatoms. The van der Waals surface area contributed by atoms with E-state index in [1.807, 2.05) is 33.0 Å². The number of esters is 1. The number of hydrazine groups is 1. The zero-order chi connectivity index (χ0) is 50.5. The van der Waals surface area contributed by atoms with Crippen LogP contribution >= 0.6 is 0 Å². The Hall–Kier alpha value is -5.75. The molecule has 6 atom stereocenters. The molecule has 2 aromatic heterocycles. The molecule has 1 aliphatic carbocycles. The second-order valence-electron chi connectivity index (χ2n) is 21.6. The summed E-state index contributed by atoms with van der Waals surface area (Å²) in [7, 11) is 5.48. The van der Waals surface area contributed by atoms with Gasteiger partial charge in [-0.1, -0.05) is 39.8 Å². The molecule has 4 fully saturated rings. The number of cyclic esters (lactones) is 1. The van der Waals surface area contributed by atoms with Crippen LogP contribution in [0.2, 0.25) is 0 Å². The van der Waals surface area contributed by atoms with E-state index in [4.69, 9.17) is 19.2 Å². The second kappa shape index (κ2) is 20.4. The number of amides is 4. The SMILES string of the molecule is CCn1c(-c2cc(N3CCN(C)CC3)cnc2[C@H](C)OC)c2c3cc(ccc31)-c1cc(O)cc(c1)C[C@H](NC(=O)[C@H](C(C)C)N(C)C(=O)N1CCOCC1)C(=O)N1CC3C[C@@H]3[C@H](N1)C(=O)OCC(C)(C)C2. The average molecular weight is 976 g/mol. The molecule has 71 heavy (non-hydrogen) atoms. The van der Waals surface area contributed by atoms with Crippen molar-refractivity contribution < 1.29 is 38.5 Å². The number of anilines is 1. The van der Waals surface area contributed by atoms with Crippen molar-refractivity contribution in [2.75, 3.05) is 91.7 Å². The molecule has 0 radical (unpaired) electrons. The Kier molecular flexibility index (Phi) is 14.4. The summed E-state index contributed by atoms with van der Waals surface area (Å²) < 4.78 is 20.1. The maximum absolute atomic E-state index is 14.9. The van der Waals surface area contributed by atoms with Gasteiger partial charge in [0.1, 0.15) is 23.9 Å². The number of carbonyl (C=O) groups is 4. The van der Waals surface area contributed by atoms with Crippen LogP contribution in [0, 0.1) is 23.2 Å². The number of ether oxygens (including phenoxy) is 3. The van der Waals surface area contributed by atoms with E-state index in [-0.39, 0.29) is 48.7 Å². The summed E-state index contributed by atoms with van der Waals surface area (Å²) in [6, 6.07) is 10.9. The number of benzene rings is 2. The Morgan fingerprint density at radius 1 is 1.01 bits per heavy atom. The first kappa shape index (κ1) is 50.2. The number of carbonyl (C=O) groups excluding carboxylic acids is 4. The summed E-state index contributed by atoms with van der Waals surface area (Å²) >= 11 is 0. The highest BCUT2D eigenvalue weighted by atomic mass is 16.5. The number of methoxy groups -OCH3 is 1. The fourth-order valence-corrected chi connectivity index (χ4v) is 11.3. The Bertz CT molecular complexity index is 2650. The number of nitrogens with zero attached hydrogens (tertiary/aromatic N) is 7. The lowest BCUT2D eigenvalue weighted by Gasteiger charge is -2.38. The van der Waals surface area contributed by atoms with E-state index < -0.39 is 41.3 Å². The molecule has 6 bridgehead atoms. The van der Waals surface area contributed by atoms with Crippen molar-refractivity contribution in [3.8, 4) is 28.1 Å². The van der Waals surface area contributed by atoms with Gasteiger partial charge in [-0.2, -0.15) is 0 Å². The fraction of sp³-hybridized carbons (Fsp3) is 0.574. The number of aryl methyl sites for hydroxylation is 1. The minimum Gasteiger partial charge on any atom is -0.508 e. The van der Waals surface area contributed by atoms with Crippen LogP contribution in [-0.4, -0.2) is 163 Å². The van der Waals surface area contributed by atoms with Crippen molar-refractivity contribution in [3.05, 3.63) is 65.5 Å². The molecule has 1 unspecified atom stereocenters. The summed E-state index contributed by atoms with van der Waals surface area (Å²) in [5, 5.41) is 17.0. The monoisotopic (exact) mass is 976 g/mol. The van der Waals surface area contributed by atoms with Gasteiger partial charge in [0.25, 0.3) is 5.91 Å². The number of piperazine rings is 1. The highest BCUT2D eigenvalue weighted by molar-refractivity contribution is 5.96. The average Bonchev–Trinajstić information content (AvgIpc) is 4.09. The highest BCUT2D eigenvalue weighted by Crippen LogP contribution is 2.46. The molecular weight excluding hydrogens is 903 g/mol. The van der Waals surface area contributed by atoms with E-state index in [9.17, 15) is 24.3 Å². The van der Waals surface area contributed by atoms with Gasteiger partial charge in [0.2, 0.25) is 5.91 Å². The van der Waals surface area contributed by atoms with E-state index >= 15 is 0 Å². The number of nitrogens with one attached hydrogen (secondary N) is 2. The van der Waals surface area contributed by atoms with Gasteiger partial charge >= 0.3 is 12.0 Å². The molecule has 2 aromatic carbocycles. The van der Waals surface area contributed by atoms with Crippen LogP contribution < -0.4 is 15.6 Å². The molecule has 6 heterocycles. The molecule has 3 N–H and O–H groups in total. The van der Waals surface area contributed by atoms with Crippen LogP contribution in [0.15, 0.2) is 48.7 Å². The molecule has 382 valence electrons. The second-order valence-corrected chi connectivity index (χ2v) is 21.6. The van der Waals surface area contributed by atoms with Crippen molar-refractivity contribution in [2.45, 2.75) is 91.6 Å². The predicted octanol–water partition coefficient (Wildman–Crippen LogP) is 5.47. The summed E-state index contributed by atoms with van der Waals surface area (Å²) in [6.45, 7) is 18.6. The quantitative estimate of drug-likeness (QED) is 0.181. The zero-order valence-electron chi connectivity index (χ0n) is 43.0. The fourth-order valence-electron chi connectivity index (χ4n) is 11.3. The molecule has 3 saturated heterocycles. The van der Waals surface area contributed by atoms with Gasteiger partial charge in [-0.25, -0.2) is 10.2 Å². The summed E-state index contributed by atoms with van der Waals surface area (Å²) in [6.07, 6.45) is 2.99. The maximum atomic E-state index is 14.9. The van der Waals surface area contributed by atoms with E-state index in [1.165, 1.54) is 9.91 Å². The van der Waals surface area contributed by atoms with Crippen LogP contribution in [0.1, 0.15) is 70.9 Å². The number of morpholine rings is 1. The molecule has 4 aromatic rings. The van der Waals surface area contributed by atoms with Gasteiger partial charge < -0.3 is 48.8 Å². The standard InChI is InChI=1S/C54H73N9O8/c1-10-62-45-12-11-35-25-41(45)43(49(62)42-27-38(29-55-46(42)33(4)69-9)60-15-13-58(7)14-16-60)28-54(5,6)31-71-52(67)47-40-26-37(40)30-63(57-47)51(66)44(23-34-21-36(35)24-39(64)22-34)56-50(65)48(32(2)3)59(8)53(68)61-17-19-70-20-18-61/h11-12,21-22,24-25,27,29,32-33,37,40,44,47-48,57,64H,10,13-20,23,26,28,30-31H2,1-9H3,(H,56,65)/t33-,37?,40-,44-,47-,48-/m0/s1. The lowest BCUT2D eigenvalue weighted by molar-refractivity contribution is -0.156. The first-order chi connectivity index (χ1) is 33.9. The van der Waals surface area contributed by atoms with Gasteiger partial charge in [-0.05, 0) is 104 Å². The number of hydrogen-bond donors (Lipinski definition) is 3. The van der Waals surface area contributed by atoms with Gasteiger partial charge in [0.15, 0.2) is 0 Å². The van der Waals surface area contributed by atoms with E-state index in [0.29, 0.717) is 51.4 Å². The largest absolute Gasteiger partial charge is 0.508 e. The highest BCUT2D eigenvalue weighted by Gasteiger charge is 2.53. The molecule has 1 saturated carbocycles. The molecule has 4 amide bonds. The van der Waals surface area contributed by atoms with Gasteiger partial charge in [-0.3, -0.25) is 24.4 Å². The third-order valence-corrected chi connectivity index (χ3v) is 15.4. The van der Waals surface area contributed by atoms with Crippen LogP contribution in [-0.2, 0) is 48.0 Å². The molecule has 4 aliphatic heterocycles. The number of likely N-dealkylation sites (N-methyl/N-ethyl adjacent to an activating group) is 2. The molecule has 17 nitrogen and oxygen atoms in total. The lowest BCUT2D eigenvalue weighted by atomic mass is 9.84. The van der Waals surface area contributed by atoms with Crippen LogP contribution in [0.3, 0.4) is 0 Å². The maximum Gasteiger partial charge on any atom is 0.325 e. The van der Waals surface area contributed by atoms with Gasteiger partial charge in [-0.15, -0.1) is 0 Å². The first-order valence-electron chi connectivity index (χ1n) is 25.5. The third kappa shape index (κ3) is 10.3. The lowest BCUT2D eigenvalue weighted by Crippen LogP contribution is -2.63. The number of phenols is 1. The zero-order valence-corrected chi connectivity index (χ0v) is 43.0. The third-order valence-electron chi connectivity index (χ3n) is 15.4. The van der Waals surface area contributed by atoms with E-state index in [0.717, 1.165) is 82.8 Å². The summed E-state index contributed by atoms with van der Waals surface area (Å²) in [4.78, 5) is 70.6. The van der Waals surface area contributed by atoms with E-state index in [1.54, 1.807) is 31.2 Å². The van der Waals surface area contributed by atoms with Gasteiger partial charge in [0.05, 0.1) is 49.2 Å². The minimum atomic E-state index is -1.13. The summed E-state index contributed by atoms with van der Waals surface area (Å²) in [5.74, 6) is -1.54. The number of aromatic nitrogens is 2. The Morgan fingerprint density at radius 2 is 1.76 bits per heavy atom. The van der Waals surface area contributed by atoms with Crippen LogP contribution in [0.25, 0.3) is 33.3 Å². The normalized spacial score (nSPS) is 23.7. The van der Waals surface area contributed by atoms with Crippen LogP contribution in [0.5, 0.6) is 5.75 Å². The van der Waals surface area contributed by atoms with Crippen molar-refractivity contribution in [2.24, 2.45) is 23.2 Å². The smallest absolute Gasteiger partial charge is 0.325 e. The summed E-state index contributed by atoms with van der Waals surface area (Å²) in [5.41, 5.74) is 10.9. The number of urea groups is 1. The van der Waals surface area contributed by atoms with Crippen molar-refractivity contribution in [1.82, 2.24) is 40.0 Å². The minimum absolute atomic E-state index is 0.000858. The number of rotatable bonds is 9. The Labute approximate surface area is 417 Å². The first-order valence-corrected chi connectivity index (χ1v) is 25.5. The number of fused-ring (bicyclic) bond motifs is 8.